The van der Waals surface area contributed by atoms with Gasteiger partial charge < -0.3 is 14.2 Å². The summed E-state index contributed by atoms with van der Waals surface area (Å²) in [6, 6.07) is 0. The van der Waals surface area contributed by atoms with Crippen LogP contribution in [0.25, 0.3) is 0 Å². The standard InChI is InChI=1S/C14H9N3O6/c1-4-7(18)21-13-10-15-11(13)17-12(16-10)14(13,22-8(19)5-2)23-9(20)6-3/h4-6H,1-3H2. The highest BCUT2D eigenvalue weighted by Gasteiger charge is 2.82. The fourth-order valence-corrected chi connectivity index (χ4v) is 2.31. The summed E-state index contributed by atoms with van der Waals surface area (Å²) in [7, 11) is 0. The average Bonchev–Trinajstić information content (AvgIpc) is 2.85. The summed E-state index contributed by atoms with van der Waals surface area (Å²) in [5.41, 5.74) is -1.84. The van der Waals surface area contributed by atoms with E-state index >= 15 is 0 Å². The number of fused-ring (bicyclic) bond motifs is 1. The predicted octanol–water partition coefficient (Wildman–Crippen LogP) is -0.155. The van der Waals surface area contributed by atoms with Crippen molar-refractivity contribution in [1.29, 1.82) is 0 Å². The van der Waals surface area contributed by atoms with Crippen molar-refractivity contribution < 1.29 is 28.6 Å². The molecule has 1 atom stereocenters. The van der Waals surface area contributed by atoms with Crippen LogP contribution in [0.5, 0.6) is 0 Å². The topological polar surface area (TPSA) is 116 Å². The zero-order valence-electron chi connectivity index (χ0n) is 11.6. The largest absolute Gasteiger partial charge is 0.430 e. The van der Waals surface area contributed by atoms with Crippen LogP contribution in [0.15, 0.2) is 52.9 Å². The van der Waals surface area contributed by atoms with Crippen molar-refractivity contribution >= 4 is 35.4 Å². The van der Waals surface area contributed by atoms with Crippen LogP contribution in [0.1, 0.15) is 0 Å². The maximum Gasteiger partial charge on any atom is 0.374 e. The number of ether oxygens (including phenoxy) is 3. The van der Waals surface area contributed by atoms with E-state index in [-0.39, 0.29) is 17.5 Å². The third-order valence-corrected chi connectivity index (χ3v) is 3.27. The van der Waals surface area contributed by atoms with Gasteiger partial charge >= 0.3 is 29.3 Å². The molecule has 0 aliphatic carbocycles. The minimum Gasteiger partial charge on any atom is -0.430 e. The first-order valence-electron chi connectivity index (χ1n) is 6.27. The van der Waals surface area contributed by atoms with E-state index in [0.717, 1.165) is 18.2 Å². The van der Waals surface area contributed by atoms with Gasteiger partial charge in [0, 0.05) is 18.2 Å². The Morgan fingerprint density at radius 2 is 1.13 bits per heavy atom. The molecule has 9 nitrogen and oxygen atoms in total. The molecule has 0 aromatic carbocycles. The average molecular weight is 315 g/mol. The number of hydrogen-bond donors (Lipinski definition) is 0. The maximum absolute atomic E-state index is 11.7. The first-order valence-corrected chi connectivity index (χ1v) is 6.27. The van der Waals surface area contributed by atoms with Crippen molar-refractivity contribution in [2.24, 2.45) is 15.0 Å². The number of amidine groups is 3. The highest BCUT2D eigenvalue weighted by molar-refractivity contribution is 6.42. The van der Waals surface area contributed by atoms with E-state index in [9.17, 15) is 14.4 Å². The molecule has 2 bridgehead atoms. The van der Waals surface area contributed by atoms with E-state index in [1.54, 1.807) is 0 Å². The lowest BCUT2D eigenvalue weighted by Gasteiger charge is -2.40. The Bertz CT molecular complexity index is 762. The lowest BCUT2D eigenvalue weighted by molar-refractivity contribution is -0.229. The second-order valence-corrected chi connectivity index (χ2v) is 4.48. The molecule has 0 N–H and O–H groups in total. The van der Waals surface area contributed by atoms with E-state index < -0.39 is 29.3 Å². The molecule has 0 fully saturated rings. The van der Waals surface area contributed by atoms with Crippen LogP contribution in [-0.4, -0.2) is 46.8 Å². The molecule has 3 heterocycles. The molecule has 9 heteroatoms. The van der Waals surface area contributed by atoms with E-state index in [2.05, 4.69) is 34.7 Å². The van der Waals surface area contributed by atoms with Gasteiger partial charge in [-0.15, -0.1) is 0 Å². The van der Waals surface area contributed by atoms with Gasteiger partial charge in [-0.2, -0.15) is 0 Å². The van der Waals surface area contributed by atoms with Crippen molar-refractivity contribution in [1.82, 2.24) is 0 Å². The Morgan fingerprint density at radius 3 is 1.57 bits per heavy atom. The molecule has 23 heavy (non-hydrogen) atoms. The Balaban J connectivity index is 2.11. The molecular weight excluding hydrogens is 306 g/mol. The number of hydrogen-bond acceptors (Lipinski definition) is 9. The number of carbonyl (C=O) groups excluding carboxylic acids is 3. The summed E-state index contributed by atoms with van der Waals surface area (Å²) in [6.07, 6.45) is 2.59. The van der Waals surface area contributed by atoms with Gasteiger partial charge in [-0.25, -0.2) is 29.4 Å². The maximum atomic E-state index is 11.7. The molecule has 0 saturated heterocycles. The summed E-state index contributed by atoms with van der Waals surface area (Å²) in [5, 5.41) is 0. The quantitative estimate of drug-likeness (QED) is 0.382. The molecule has 0 aromatic heterocycles. The summed E-state index contributed by atoms with van der Waals surface area (Å²) in [6.45, 7) is 9.82. The van der Waals surface area contributed by atoms with Crippen molar-refractivity contribution in [3.63, 3.8) is 0 Å². The summed E-state index contributed by atoms with van der Waals surface area (Å²) in [4.78, 5) is 46.9. The normalized spacial score (nSPS) is 24.3. The number of esters is 3. The highest BCUT2D eigenvalue weighted by Crippen LogP contribution is 2.51. The van der Waals surface area contributed by atoms with Crippen molar-refractivity contribution in [2.75, 3.05) is 0 Å². The fourth-order valence-electron chi connectivity index (χ4n) is 2.31. The molecule has 3 rings (SSSR count). The van der Waals surface area contributed by atoms with E-state index in [4.69, 9.17) is 14.2 Å². The van der Waals surface area contributed by atoms with Crippen LogP contribution < -0.4 is 0 Å². The van der Waals surface area contributed by atoms with Crippen molar-refractivity contribution in [3.8, 4) is 0 Å². The second-order valence-electron chi connectivity index (χ2n) is 4.48. The minimum absolute atomic E-state index is 0.00132. The molecule has 116 valence electrons. The molecule has 3 aliphatic heterocycles. The Labute approximate surface area is 129 Å². The molecule has 3 aliphatic rings. The van der Waals surface area contributed by atoms with Gasteiger partial charge in [-0.3, -0.25) is 0 Å². The zero-order valence-corrected chi connectivity index (χ0v) is 11.6. The number of aliphatic imine (C=N–C) groups is 3. The highest BCUT2D eigenvalue weighted by atomic mass is 16.8. The van der Waals surface area contributed by atoms with E-state index in [1.807, 2.05) is 0 Å². The number of carbonyl (C=O) groups is 3. The van der Waals surface area contributed by atoms with Crippen LogP contribution >= 0.6 is 0 Å². The van der Waals surface area contributed by atoms with E-state index in [0.29, 0.717) is 0 Å². The molecule has 0 saturated carbocycles. The molecular formula is C14H9N3O6. The Hall–Kier alpha value is -3.36. The van der Waals surface area contributed by atoms with Gasteiger partial charge in [-0.05, 0) is 0 Å². The summed E-state index contributed by atoms with van der Waals surface area (Å²) in [5.74, 6) is -5.10. The monoisotopic (exact) mass is 315 g/mol. The molecule has 0 radical (unpaired) electrons. The van der Waals surface area contributed by atoms with Crippen LogP contribution in [0.2, 0.25) is 0 Å². The lowest BCUT2D eigenvalue weighted by atomic mass is 9.89. The fraction of sp³-hybridized carbons (Fsp3) is 0.143. The van der Waals surface area contributed by atoms with Gasteiger partial charge in [0.05, 0.1) is 0 Å². The second kappa shape index (κ2) is 4.57. The molecule has 1 unspecified atom stereocenters. The van der Waals surface area contributed by atoms with Gasteiger partial charge in [0.15, 0.2) is 11.7 Å². The van der Waals surface area contributed by atoms with Gasteiger partial charge in [0.25, 0.3) is 0 Å². The Kier molecular flexibility index (Phi) is 2.89. The van der Waals surface area contributed by atoms with Crippen LogP contribution in [0.3, 0.4) is 0 Å². The van der Waals surface area contributed by atoms with Crippen molar-refractivity contribution in [2.45, 2.75) is 11.4 Å². The first kappa shape index (κ1) is 14.6. The summed E-state index contributed by atoms with van der Waals surface area (Å²) < 4.78 is 15.6. The predicted molar refractivity (Wildman–Crippen MR) is 76.6 cm³/mol. The SMILES string of the molecule is C=CC(=O)OC1(OC(=O)C=C)C2=NC3=NC(=N2)C31OC(=O)C=C. The number of nitrogens with zero attached hydrogens (tertiary/aromatic N) is 3. The van der Waals surface area contributed by atoms with E-state index in [1.165, 1.54) is 0 Å². The van der Waals surface area contributed by atoms with Crippen LogP contribution in [0.4, 0.5) is 0 Å². The third kappa shape index (κ3) is 1.61. The van der Waals surface area contributed by atoms with Gasteiger partial charge in [0.2, 0.25) is 5.84 Å². The first-order chi connectivity index (χ1) is 10.9. The lowest BCUT2D eigenvalue weighted by Crippen LogP contribution is -2.68. The van der Waals surface area contributed by atoms with Crippen molar-refractivity contribution in [3.05, 3.63) is 38.0 Å². The van der Waals surface area contributed by atoms with Crippen LogP contribution in [0, 0.1) is 0 Å². The molecule has 0 spiro atoms. The van der Waals surface area contributed by atoms with Crippen LogP contribution in [-0.2, 0) is 28.6 Å². The van der Waals surface area contributed by atoms with Gasteiger partial charge in [-0.1, -0.05) is 19.7 Å². The summed E-state index contributed by atoms with van der Waals surface area (Å²) >= 11 is 0. The third-order valence-electron chi connectivity index (χ3n) is 3.27. The molecule has 0 aromatic rings. The Morgan fingerprint density at radius 1 is 0.739 bits per heavy atom. The minimum atomic E-state index is -2.20. The molecule has 0 amide bonds. The zero-order chi connectivity index (χ0) is 16.8. The smallest absolute Gasteiger partial charge is 0.374 e. The van der Waals surface area contributed by atoms with Gasteiger partial charge in [0.1, 0.15) is 0 Å². The number of rotatable bonds is 6.